The Balaban J connectivity index is 1.38. The number of rotatable bonds is 4. The fourth-order valence-electron chi connectivity index (χ4n) is 3.44. The van der Waals surface area contributed by atoms with Crippen molar-refractivity contribution >= 4 is 39.7 Å². The molecular weight excluding hydrogens is 374 g/mol. The van der Waals surface area contributed by atoms with E-state index < -0.39 is 5.25 Å². The Morgan fingerprint density at radius 1 is 1.04 bits per heavy atom. The summed E-state index contributed by atoms with van der Waals surface area (Å²) in [6.45, 7) is 0. The average molecular weight is 390 g/mol. The minimum Gasteiger partial charge on any atom is -0.440 e. The molecule has 0 aliphatic carbocycles. The Morgan fingerprint density at radius 2 is 1.86 bits per heavy atom. The predicted octanol–water partition coefficient (Wildman–Crippen LogP) is 3.95. The van der Waals surface area contributed by atoms with Crippen molar-refractivity contribution in [3.8, 4) is 0 Å². The van der Waals surface area contributed by atoms with Gasteiger partial charge in [0.2, 0.25) is 4.27 Å². The van der Waals surface area contributed by atoms with E-state index in [-0.39, 0.29) is 5.91 Å². The fraction of sp³-hybridized carbons (Fsp3) is 0.143. The van der Waals surface area contributed by atoms with E-state index in [0.29, 0.717) is 28.6 Å². The van der Waals surface area contributed by atoms with Crippen LogP contribution in [0.15, 0.2) is 65.1 Å². The van der Waals surface area contributed by atoms with Crippen molar-refractivity contribution in [2.24, 2.45) is 0 Å². The number of nitroso groups, excluding NO2 is 1. The molecule has 3 aromatic carbocycles. The Morgan fingerprint density at radius 3 is 2.68 bits per heavy atom. The SMILES string of the molecule is O=C1N[N+](=O)SC1Cc1ccc2oc(Cc3ccc4ccccc4c3)nc2c1. The Labute approximate surface area is 164 Å². The van der Waals surface area contributed by atoms with E-state index in [0.717, 1.165) is 28.6 Å². The van der Waals surface area contributed by atoms with Gasteiger partial charge in [-0.2, -0.15) is 0 Å². The predicted molar refractivity (Wildman–Crippen MR) is 108 cm³/mol. The van der Waals surface area contributed by atoms with Crippen LogP contribution in [0.4, 0.5) is 0 Å². The molecule has 0 bridgehead atoms. The maximum atomic E-state index is 11.7. The number of hydrogen-bond acceptors (Lipinski definition) is 5. The summed E-state index contributed by atoms with van der Waals surface area (Å²) in [5.74, 6) is 0.387. The van der Waals surface area contributed by atoms with Gasteiger partial charge in [0.05, 0.1) is 4.91 Å². The van der Waals surface area contributed by atoms with Gasteiger partial charge >= 0.3 is 0 Å². The van der Waals surface area contributed by atoms with Gasteiger partial charge < -0.3 is 4.42 Å². The van der Waals surface area contributed by atoms with E-state index in [9.17, 15) is 9.70 Å². The smallest absolute Gasteiger partial charge is 0.300 e. The molecule has 6 nitrogen and oxygen atoms in total. The molecule has 28 heavy (non-hydrogen) atoms. The third-order valence-corrected chi connectivity index (χ3v) is 5.72. The largest absolute Gasteiger partial charge is 0.440 e. The highest BCUT2D eigenvalue weighted by Crippen LogP contribution is 2.25. The molecule has 1 aliphatic rings. The van der Waals surface area contributed by atoms with Gasteiger partial charge in [-0.3, -0.25) is 4.79 Å². The van der Waals surface area contributed by atoms with Gasteiger partial charge in [0.1, 0.15) is 5.52 Å². The summed E-state index contributed by atoms with van der Waals surface area (Å²) in [6.07, 6.45) is 1.08. The second-order valence-electron chi connectivity index (χ2n) is 6.80. The lowest BCUT2D eigenvalue weighted by Crippen LogP contribution is -2.26. The minimum absolute atomic E-state index is 0.266. The van der Waals surface area contributed by atoms with Crippen LogP contribution in [0, 0.1) is 4.91 Å². The van der Waals surface area contributed by atoms with Crippen molar-refractivity contribution in [1.29, 1.82) is 0 Å². The van der Waals surface area contributed by atoms with Crippen LogP contribution in [0.1, 0.15) is 17.0 Å². The molecule has 1 unspecified atom stereocenters. The lowest BCUT2D eigenvalue weighted by atomic mass is 10.1. The number of benzene rings is 3. The zero-order valence-electron chi connectivity index (χ0n) is 14.8. The number of aromatic nitrogens is 1. The number of oxazole rings is 1. The Bertz CT molecular complexity index is 1230. The molecule has 138 valence electrons. The Hall–Kier alpha value is -3.19. The maximum Gasteiger partial charge on any atom is 0.300 e. The summed E-state index contributed by atoms with van der Waals surface area (Å²) >= 11 is 0.955. The Kier molecular flexibility index (Phi) is 4.09. The first kappa shape index (κ1) is 16.9. The quantitative estimate of drug-likeness (QED) is 0.422. The van der Waals surface area contributed by atoms with Crippen LogP contribution in [-0.2, 0) is 17.6 Å². The summed E-state index contributed by atoms with van der Waals surface area (Å²) in [6, 6.07) is 20.3. The number of carbonyl (C=O) groups is 1. The number of nitrogens with zero attached hydrogens (tertiary/aromatic N) is 2. The van der Waals surface area contributed by atoms with Crippen LogP contribution in [0.3, 0.4) is 0 Å². The number of hydrogen-bond donors (Lipinski definition) is 1. The third kappa shape index (κ3) is 3.25. The van der Waals surface area contributed by atoms with Gasteiger partial charge in [-0.1, -0.05) is 54.0 Å². The molecule has 1 amide bonds. The standard InChI is InChI=1S/C21H15N3O3S/c25-21-19(28-24(26)23-21)11-14-6-8-18-17(10-14)22-20(27-18)12-13-5-7-15-3-1-2-4-16(15)9-13/h1-10,19H,11-12H2/p+1. The maximum absolute atomic E-state index is 11.7. The molecular formula is C21H16N3O3S+. The van der Waals surface area contributed by atoms with E-state index in [1.807, 2.05) is 30.3 Å². The first-order chi connectivity index (χ1) is 13.6. The zero-order valence-corrected chi connectivity index (χ0v) is 15.6. The van der Waals surface area contributed by atoms with Crippen molar-refractivity contribution in [1.82, 2.24) is 10.4 Å². The van der Waals surface area contributed by atoms with Gasteiger partial charge in [0, 0.05) is 6.42 Å². The fourth-order valence-corrected chi connectivity index (χ4v) is 4.23. The van der Waals surface area contributed by atoms with Gasteiger partial charge in [-0.25, -0.2) is 4.98 Å². The first-order valence-electron chi connectivity index (χ1n) is 8.95. The van der Waals surface area contributed by atoms with E-state index in [4.69, 9.17) is 4.42 Å². The van der Waals surface area contributed by atoms with Crippen molar-refractivity contribution in [3.05, 3.63) is 82.6 Å². The van der Waals surface area contributed by atoms with Crippen LogP contribution in [0.5, 0.6) is 0 Å². The second-order valence-corrected chi connectivity index (χ2v) is 7.91. The lowest BCUT2D eigenvalue weighted by Gasteiger charge is -2.01. The molecule has 2 heterocycles. The summed E-state index contributed by atoms with van der Waals surface area (Å²) in [5.41, 5.74) is 5.80. The lowest BCUT2D eigenvalue weighted by molar-refractivity contribution is -0.420. The molecule has 0 saturated carbocycles. The van der Waals surface area contributed by atoms with Crippen molar-refractivity contribution in [3.63, 3.8) is 0 Å². The van der Waals surface area contributed by atoms with Crippen LogP contribution >= 0.6 is 11.9 Å². The van der Waals surface area contributed by atoms with E-state index in [2.05, 4.69) is 40.7 Å². The molecule has 1 aliphatic heterocycles. The highest BCUT2D eigenvalue weighted by Gasteiger charge is 2.40. The number of nitrogens with one attached hydrogen (secondary N) is 1. The van der Waals surface area contributed by atoms with Gasteiger partial charge in [-0.15, -0.1) is 0 Å². The second kappa shape index (κ2) is 6.76. The minimum atomic E-state index is -0.418. The molecule has 0 spiro atoms. The number of amides is 1. The average Bonchev–Trinajstić information content (AvgIpc) is 3.23. The molecule has 0 radical (unpaired) electrons. The summed E-state index contributed by atoms with van der Waals surface area (Å²) in [5, 5.41) is 1.98. The van der Waals surface area contributed by atoms with Crippen molar-refractivity contribution in [2.45, 2.75) is 18.1 Å². The number of carbonyl (C=O) groups excluding carboxylic acids is 1. The van der Waals surface area contributed by atoms with Crippen LogP contribution in [0.2, 0.25) is 0 Å². The highest BCUT2D eigenvalue weighted by molar-refractivity contribution is 7.95. The van der Waals surface area contributed by atoms with Crippen LogP contribution < -0.4 is 5.43 Å². The van der Waals surface area contributed by atoms with E-state index in [1.165, 1.54) is 10.8 Å². The molecule has 1 fully saturated rings. The van der Waals surface area contributed by atoms with Crippen molar-refractivity contribution in [2.75, 3.05) is 0 Å². The molecule has 1 saturated heterocycles. The topological polar surface area (TPSA) is 75.2 Å². The summed E-state index contributed by atoms with van der Waals surface area (Å²) in [4.78, 5) is 27.6. The molecule has 1 atom stereocenters. The summed E-state index contributed by atoms with van der Waals surface area (Å²) < 4.78 is 6.40. The van der Waals surface area contributed by atoms with E-state index in [1.54, 1.807) is 0 Å². The summed E-state index contributed by atoms with van der Waals surface area (Å²) in [7, 11) is 0. The molecule has 4 aromatic rings. The van der Waals surface area contributed by atoms with Gasteiger partial charge in [-0.05, 0) is 40.5 Å². The molecule has 7 heteroatoms. The third-order valence-electron chi connectivity index (χ3n) is 4.80. The molecule has 1 N–H and O–H groups in total. The zero-order chi connectivity index (χ0) is 19.1. The van der Waals surface area contributed by atoms with E-state index >= 15 is 0 Å². The van der Waals surface area contributed by atoms with Gasteiger partial charge in [0.25, 0.3) is 17.9 Å². The first-order valence-corrected chi connectivity index (χ1v) is 9.78. The van der Waals surface area contributed by atoms with Crippen molar-refractivity contribution < 1.29 is 13.5 Å². The molecule has 1 aromatic heterocycles. The van der Waals surface area contributed by atoms with Gasteiger partial charge in [0.15, 0.2) is 16.7 Å². The monoisotopic (exact) mass is 390 g/mol. The number of fused-ring (bicyclic) bond motifs is 2. The number of hydrazine groups is 1. The van der Waals surface area contributed by atoms with Crippen LogP contribution in [0.25, 0.3) is 21.9 Å². The normalized spacial score (nSPS) is 16.8. The highest BCUT2D eigenvalue weighted by atomic mass is 32.2. The van der Waals surface area contributed by atoms with Crippen LogP contribution in [-0.4, -0.2) is 20.4 Å². The molecule has 5 rings (SSSR count).